The van der Waals surface area contributed by atoms with Gasteiger partial charge in [0.25, 0.3) is 11.8 Å². The van der Waals surface area contributed by atoms with E-state index >= 15 is 0 Å². The normalized spacial score (nSPS) is 10.8. The van der Waals surface area contributed by atoms with Crippen molar-refractivity contribution < 1.29 is 27.5 Å². The molecule has 3 N–H and O–H groups in total. The number of hydrogen-bond acceptors (Lipinski definition) is 6. The number of hydrogen-bond donors (Lipinski definition) is 3. The molecule has 154 valence electrons. The minimum absolute atomic E-state index is 0.0229. The minimum Gasteiger partial charge on any atom is -0.455 e. The number of sulfonamides is 1. The summed E-state index contributed by atoms with van der Waals surface area (Å²) >= 11 is 0. The molecule has 0 spiro atoms. The lowest BCUT2D eigenvalue weighted by Gasteiger charge is -2.10. The second kappa shape index (κ2) is 9.80. The Morgan fingerprint density at radius 1 is 0.931 bits per heavy atom. The quantitative estimate of drug-likeness (QED) is 0.445. The average Bonchev–Trinajstić information content (AvgIpc) is 2.71. The van der Waals surface area contributed by atoms with Crippen LogP contribution in [0.15, 0.2) is 53.4 Å². The number of carbonyl (C=O) groups is 3. The first-order valence-corrected chi connectivity index (χ1v) is 10.0. The number of nitrogens with one attached hydrogen (secondary N) is 3. The van der Waals surface area contributed by atoms with Crippen molar-refractivity contribution in [2.75, 3.05) is 13.2 Å². The van der Waals surface area contributed by atoms with Crippen LogP contribution in [0.2, 0.25) is 0 Å². The monoisotopic (exact) mass is 419 g/mol. The van der Waals surface area contributed by atoms with Gasteiger partial charge in [0.05, 0.1) is 4.90 Å². The summed E-state index contributed by atoms with van der Waals surface area (Å²) in [5.74, 6) is -2.26. The first kappa shape index (κ1) is 22.1. The van der Waals surface area contributed by atoms with Crippen molar-refractivity contribution in [1.82, 2.24) is 15.6 Å². The van der Waals surface area contributed by atoms with Crippen molar-refractivity contribution in [2.45, 2.75) is 18.7 Å². The van der Waals surface area contributed by atoms with Crippen molar-refractivity contribution >= 4 is 27.8 Å². The summed E-state index contributed by atoms with van der Waals surface area (Å²) in [7, 11) is -3.89. The number of rotatable bonds is 7. The Balaban J connectivity index is 1.75. The van der Waals surface area contributed by atoms with Gasteiger partial charge in [0, 0.05) is 5.56 Å². The highest BCUT2D eigenvalue weighted by Gasteiger charge is 2.17. The van der Waals surface area contributed by atoms with Crippen molar-refractivity contribution in [1.29, 1.82) is 0 Å². The van der Waals surface area contributed by atoms with Crippen LogP contribution < -0.4 is 15.6 Å². The van der Waals surface area contributed by atoms with Crippen LogP contribution in [0.5, 0.6) is 0 Å². The lowest BCUT2D eigenvalue weighted by Crippen LogP contribution is -2.44. The van der Waals surface area contributed by atoms with Gasteiger partial charge < -0.3 is 4.74 Å². The molecule has 0 aliphatic carbocycles. The van der Waals surface area contributed by atoms with E-state index in [9.17, 15) is 22.8 Å². The third-order valence-corrected chi connectivity index (χ3v) is 5.31. The Hall–Kier alpha value is -3.24. The van der Waals surface area contributed by atoms with Gasteiger partial charge in [-0.05, 0) is 49.2 Å². The summed E-state index contributed by atoms with van der Waals surface area (Å²) in [5.41, 5.74) is 6.33. The highest BCUT2D eigenvalue weighted by molar-refractivity contribution is 7.89. The molecule has 9 nitrogen and oxygen atoms in total. The van der Waals surface area contributed by atoms with Gasteiger partial charge in [-0.2, -0.15) is 4.72 Å². The molecule has 0 fully saturated rings. The van der Waals surface area contributed by atoms with Gasteiger partial charge in [-0.3, -0.25) is 25.2 Å². The van der Waals surface area contributed by atoms with E-state index in [0.717, 1.165) is 11.1 Å². The number of carbonyl (C=O) groups excluding carboxylic acids is 3. The van der Waals surface area contributed by atoms with Gasteiger partial charge in [0.15, 0.2) is 6.61 Å². The molecule has 10 heteroatoms. The Morgan fingerprint density at radius 3 is 2.28 bits per heavy atom. The van der Waals surface area contributed by atoms with Crippen LogP contribution in [0, 0.1) is 13.8 Å². The van der Waals surface area contributed by atoms with E-state index in [1.165, 1.54) is 12.1 Å². The second-order valence-electron chi connectivity index (χ2n) is 6.10. The fraction of sp³-hybridized carbons (Fsp3) is 0.211. The lowest BCUT2D eigenvalue weighted by atomic mass is 10.1. The number of hydrazine groups is 1. The van der Waals surface area contributed by atoms with E-state index in [-0.39, 0.29) is 4.90 Å². The van der Waals surface area contributed by atoms with Crippen molar-refractivity contribution in [2.24, 2.45) is 0 Å². The number of esters is 1. The van der Waals surface area contributed by atoms with Gasteiger partial charge in [0.1, 0.15) is 6.54 Å². The van der Waals surface area contributed by atoms with Crippen LogP contribution in [0.4, 0.5) is 0 Å². The van der Waals surface area contributed by atoms with Gasteiger partial charge in [-0.15, -0.1) is 0 Å². The summed E-state index contributed by atoms with van der Waals surface area (Å²) in [4.78, 5) is 35.1. The summed E-state index contributed by atoms with van der Waals surface area (Å²) in [6, 6.07) is 12.8. The maximum absolute atomic E-state index is 12.2. The molecule has 2 amide bonds. The molecule has 0 aliphatic heterocycles. The molecule has 2 aromatic rings. The van der Waals surface area contributed by atoms with Gasteiger partial charge in [0.2, 0.25) is 10.0 Å². The van der Waals surface area contributed by atoms with Crippen molar-refractivity contribution in [3.8, 4) is 0 Å². The standard InChI is InChI=1S/C19H21N3O6S/c1-13-8-9-16(10-14(13)2)29(26,27)20-11-18(24)28-12-17(23)21-22-19(25)15-6-4-3-5-7-15/h3-10,20H,11-12H2,1-2H3,(H,21,23)(H,22,25). The predicted octanol–water partition coefficient (Wildman–Crippen LogP) is 0.586. The van der Waals surface area contributed by atoms with Crippen LogP contribution in [0.3, 0.4) is 0 Å². The van der Waals surface area contributed by atoms with E-state index in [2.05, 4.69) is 20.3 Å². The largest absolute Gasteiger partial charge is 0.455 e. The Morgan fingerprint density at radius 2 is 1.62 bits per heavy atom. The smallest absolute Gasteiger partial charge is 0.321 e. The fourth-order valence-electron chi connectivity index (χ4n) is 2.14. The maximum Gasteiger partial charge on any atom is 0.321 e. The molecule has 0 saturated carbocycles. The third-order valence-electron chi connectivity index (χ3n) is 3.91. The maximum atomic E-state index is 12.2. The molecule has 0 unspecified atom stereocenters. The van der Waals surface area contributed by atoms with Gasteiger partial charge in [-0.25, -0.2) is 8.42 Å². The molecule has 2 aromatic carbocycles. The molecule has 0 saturated heterocycles. The molecule has 0 atom stereocenters. The molecule has 0 heterocycles. The van der Waals surface area contributed by atoms with E-state index in [4.69, 9.17) is 0 Å². The Labute approximate surface area is 168 Å². The molecule has 0 radical (unpaired) electrons. The van der Waals surface area contributed by atoms with E-state index in [1.54, 1.807) is 43.3 Å². The summed E-state index contributed by atoms with van der Waals surface area (Å²) in [6.45, 7) is 2.31. The third kappa shape index (κ3) is 6.70. The number of ether oxygens (including phenoxy) is 1. The SMILES string of the molecule is Cc1ccc(S(=O)(=O)NCC(=O)OCC(=O)NNC(=O)c2ccccc2)cc1C. The number of amides is 2. The van der Waals surface area contributed by atoms with Crippen molar-refractivity contribution in [3.63, 3.8) is 0 Å². The molecule has 29 heavy (non-hydrogen) atoms. The van der Waals surface area contributed by atoms with Crippen LogP contribution >= 0.6 is 0 Å². The molecular weight excluding hydrogens is 398 g/mol. The zero-order valence-corrected chi connectivity index (χ0v) is 16.7. The van der Waals surface area contributed by atoms with Crippen molar-refractivity contribution in [3.05, 3.63) is 65.2 Å². The van der Waals surface area contributed by atoms with E-state index < -0.39 is 41.0 Å². The molecule has 0 aromatic heterocycles. The number of benzene rings is 2. The zero-order chi connectivity index (χ0) is 21.4. The summed E-state index contributed by atoms with van der Waals surface area (Å²) < 4.78 is 31.2. The summed E-state index contributed by atoms with van der Waals surface area (Å²) in [6.07, 6.45) is 0. The second-order valence-corrected chi connectivity index (χ2v) is 7.87. The first-order chi connectivity index (χ1) is 13.7. The van der Waals surface area contributed by atoms with Crippen LogP contribution in [-0.4, -0.2) is 39.4 Å². The summed E-state index contributed by atoms with van der Waals surface area (Å²) in [5, 5.41) is 0. The van der Waals surface area contributed by atoms with Crippen LogP contribution in [-0.2, 0) is 24.3 Å². The zero-order valence-electron chi connectivity index (χ0n) is 15.9. The predicted molar refractivity (Wildman–Crippen MR) is 104 cm³/mol. The first-order valence-electron chi connectivity index (χ1n) is 8.56. The highest BCUT2D eigenvalue weighted by Crippen LogP contribution is 2.14. The Bertz CT molecular complexity index is 1010. The van der Waals surface area contributed by atoms with Crippen LogP contribution in [0.1, 0.15) is 21.5 Å². The highest BCUT2D eigenvalue weighted by atomic mass is 32.2. The minimum atomic E-state index is -3.89. The number of aryl methyl sites for hydroxylation is 2. The molecule has 0 bridgehead atoms. The average molecular weight is 419 g/mol. The molecule has 2 rings (SSSR count). The fourth-order valence-corrected chi connectivity index (χ4v) is 3.19. The molecule has 0 aliphatic rings. The van der Waals surface area contributed by atoms with Gasteiger partial charge in [-0.1, -0.05) is 24.3 Å². The topological polar surface area (TPSA) is 131 Å². The lowest BCUT2D eigenvalue weighted by molar-refractivity contribution is -0.147. The van der Waals surface area contributed by atoms with E-state index in [1.807, 2.05) is 6.92 Å². The van der Waals surface area contributed by atoms with E-state index in [0.29, 0.717) is 5.56 Å². The Kier molecular flexibility index (Phi) is 7.46. The molecular formula is C19H21N3O6S. The van der Waals surface area contributed by atoms with Crippen LogP contribution in [0.25, 0.3) is 0 Å². The van der Waals surface area contributed by atoms with Gasteiger partial charge >= 0.3 is 5.97 Å².